The molecule has 2 aliphatic rings. The van der Waals surface area contributed by atoms with Crippen molar-refractivity contribution in [2.75, 3.05) is 18.0 Å². The number of carbonyl (C=O) groups excluding carboxylic acids is 1. The minimum atomic E-state index is -0.240. The third-order valence-corrected chi connectivity index (χ3v) is 3.95. The van der Waals surface area contributed by atoms with Gasteiger partial charge >= 0.3 is 6.09 Å². The first-order valence-electron chi connectivity index (χ1n) is 5.72. The lowest BCUT2D eigenvalue weighted by Gasteiger charge is -2.29. The summed E-state index contributed by atoms with van der Waals surface area (Å²) in [5.74, 6) is 0. The Balaban J connectivity index is 1.96. The van der Waals surface area contributed by atoms with Gasteiger partial charge in [-0.2, -0.15) is 0 Å². The van der Waals surface area contributed by atoms with E-state index >= 15 is 0 Å². The van der Waals surface area contributed by atoms with E-state index in [0.29, 0.717) is 0 Å². The molecule has 90 valence electrons. The second-order valence-corrected chi connectivity index (χ2v) is 5.16. The summed E-state index contributed by atoms with van der Waals surface area (Å²) in [6, 6.07) is 7.84. The van der Waals surface area contributed by atoms with Crippen LogP contribution in [-0.2, 0) is 4.74 Å². The minimum absolute atomic E-state index is 0.0239. The van der Waals surface area contributed by atoms with Gasteiger partial charge in [0.2, 0.25) is 0 Å². The number of nitrogens with zero attached hydrogens (tertiary/aromatic N) is 1. The lowest BCUT2D eigenvalue weighted by molar-refractivity contribution is 0.117. The third kappa shape index (κ3) is 1.83. The van der Waals surface area contributed by atoms with Crippen molar-refractivity contribution in [1.29, 1.82) is 0 Å². The van der Waals surface area contributed by atoms with Crippen LogP contribution >= 0.6 is 15.9 Å². The maximum atomic E-state index is 11.9. The first-order chi connectivity index (χ1) is 8.27. The molecule has 1 aromatic carbocycles. The topological polar surface area (TPSA) is 41.6 Å². The average molecular weight is 297 g/mol. The molecular weight excluding hydrogens is 284 g/mol. The van der Waals surface area contributed by atoms with E-state index in [1.54, 1.807) is 4.90 Å². The van der Waals surface area contributed by atoms with Crippen molar-refractivity contribution < 1.29 is 9.53 Å². The zero-order chi connectivity index (χ0) is 11.8. The molecule has 3 rings (SSSR count). The van der Waals surface area contributed by atoms with Crippen molar-refractivity contribution in [2.24, 2.45) is 0 Å². The predicted octanol–water partition coefficient (Wildman–Crippen LogP) is 2.14. The first kappa shape index (κ1) is 11.0. The van der Waals surface area contributed by atoms with Gasteiger partial charge in [0.15, 0.2) is 0 Å². The highest BCUT2D eigenvalue weighted by Crippen LogP contribution is 2.34. The van der Waals surface area contributed by atoms with E-state index in [4.69, 9.17) is 4.74 Å². The molecule has 0 bridgehead atoms. The molecule has 17 heavy (non-hydrogen) atoms. The van der Waals surface area contributed by atoms with Crippen LogP contribution in [0.1, 0.15) is 6.42 Å². The Bertz CT molecular complexity index is 452. The molecule has 1 N–H and O–H groups in total. The van der Waals surface area contributed by atoms with Crippen molar-refractivity contribution in [3.05, 3.63) is 28.7 Å². The standard InChI is InChI=1S/C12H13BrN2O2/c13-8-3-1-2-4-9(8)15-10-7-14-6-5-11(10)17-12(15)16/h1-4,10-11,14H,5-7H2. The van der Waals surface area contributed by atoms with E-state index in [9.17, 15) is 4.79 Å². The number of rotatable bonds is 1. The highest BCUT2D eigenvalue weighted by Gasteiger charge is 2.44. The normalized spacial score (nSPS) is 27.8. The van der Waals surface area contributed by atoms with Crippen LogP contribution in [0.5, 0.6) is 0 Å². The Morgan fingerprint density at radius 3 is 3.06 bits per heavy atom. The van der Waals surface area contributed by atoms with Crippen LogP contribution in [-0.4, -0.2) is 31.3 Å². The first-order valence-corrected chi connectivity index (χ1v) is 6.52. The lowest BCUT2D eigenvalue weighted by Crippen LogP contribution is -2.49. The lowest BCUT2D eigenvalue weighted by atomic mass is 10.0. The van der Waals surface area contributed by atoms with Crippen LogP contribution in [0, 0.1) is 0 Å². The molecule has 5 heteroatoms. The molecule has 1 aromatic rings. The molecule has 2 heterocycles. The van der Waals surface area contributed by atoms with Crippen LogP contribution in [0.15, 0.2) is 28.7 Å². The van der Waals surface area contributed by atoms with E-state index in [2.05, 4.69) is 21.2 Å². The Morgan fingerprint density at radius 2 is 2.24 bits per heavy atom. The van der Waals surface area contributed by atoms with Gasteiger partial charge in [0.1, 0.15) is 6.10 Å². The van der Waals surface area contributed by atoms with Crippen molar-refractivity contribution in [1.82, 2.24) is 5.32 Å². The molecule has 2 unspecified atom stereocenters. The van der Waals surface area contributed by atoms with Crippen LogP contribution in [0.4, 0.5) is 10.5 Å². The summed E-state index contributed by atoms with van der Waals surface area (Å²) in [5, 5.41) is 3.31. The van der Waals surface area contributed by atoms with Crippen molar-refractivity contribution >= 4 is 27.7 Å². The number of piperidine rings is 1. The maximum Gasteiger partial charge on any atom is 0.415 e. The van der Waals surface area contributed by atoms with Gasteiger partial charge in [0, 0.05) is 11.0 Å². The fourth-order valence-electron chi connectivity index (χ4n) is 2.46. The molecular formula is C12H13BrN2O2. The Labute approximate surface area is 108 Å². The molecule has 2 fully saturated rings. The SMILES string of the molecule is O=C1OC2CCNCC2N1c1ccccc1Br. The highest BCUT2D eigenvalue weighted by molar-refractivity contribution is 9.10. The Hall–Kier alpha value is -1.07. The Kier molecular flexibility index (Phi) is 2.80. The summed E-state index contributed by atoms with van der Waals surface area (Å²) in [4.78, 5) is 13.7. The summed E-state index contributed by atoms with van der Waals surface area (Å²) >= 11 is 3.48. The van der Waals surface area contributed by atoms with Gasteiger partial charge in [0.05, 0.1) is 11.7 Å². The number of carbonyl (C=O) groups is 1. The van der Waals surface area contributed by atoms with E-state index in [1.165, 1.54) is 0 Å². The molecule has 2 atom stereocenters. The van der Waals surface area contributed by atoms with Crippen LogP contribution in [0.3, 0.4) is 0 Å². The van der Waals surface area contributed by atoms with Crippen molar-refractivity contribution in [3.8, 4) is 0 Å². The molecule has 0 saturated carbocycles. The zero-order valence-corrected chi connectivity index (χ0v) is 10.8. The quantitative estimate of drug-likeness (QED) is 0.863. The largest absolute Gasteiger partial charge is 0.444 e. The third-order valence-electron chi connectivity index (χ3n) is 3.28. The molecule has 0 aromatic heterocycles. The molecule has 0 radical (unpaired) electrons. The smallest absolute Gasteiger partial charge is 0.415 e. The van der Waals surface area contributed by atoms with Gasteiger partial charge in [0.25, 0.3) is 0 Å². The average Bonchev–Trinajstić information content (AvgIpc) is 2.66. The predicted molar refractivity (Wildman–Crippen MR) is 68.2 cm³/mol. The molecule has 2 saturated heterocycles. The number of halogens is 1. The van der Waals surface area contributed by atoms with Gasteiger partial charge < -0.3 is 10.1 Å². The number of para-hydroxylation sites is 1. The fraction of sp³-hybridized carbons (Fsp3) is 0.417. The van der Waals surface area contributed by atoms with Crippen molar-refractivity contribution in [2.45, 2.75) is 18.6 Å². The number of anilines is 1. The van der Waals surface area contributed by atoms with Crippen LogP contribution in [0.2, 0.25) is 0 Å². The molecule has 0 aliphatic carbocycles. The van der Waals surface area contributed by atoms with Crippen LogP contribution < -0.4 is 10.2 Å². The van der Waals surface area contributed by atoms with E-state index in [1.807, 2.05) is 24.3 Å². The van der Waals surface area contributed by atoms with Gasteiger partial charge in [-0.3, -0.25) is 4.90 Å². The van der Waals surface area contributed by atoms with Crippen molar-refractivity contribution in [3.63, 3.8) is 0 Å². The highest BCUT2D eigenvalue weighted by atomic mass is 79.9. The maximum absolute atomic E-state index is 11.9. The van der Waals surface area contributed by atoms with E-state index < -0.39 is 0 Å². The molecule has 4 nitrogen and oxygen atoms in total. The molecule has 1 amide bonds. The van der Waals surface area contributed by atoms with Gasteiger partial charge in [-0.15, -0.1) is 0 Å². The Morgan fingerprint density at radius 1 is 1.41 bits per heavy atom. The number of ether oxygens (including phenoxy) is 1. The molecule has 0 spiro atoms. The summed E-state index contributed by atoms with van der Waals surface area (Å²) in [5.41, 5.74) is 0.883. The summed E-state index contributed by atoms with van der Waals surface area (Å²) < 4.78 is 6.33. The number of benzene rings is 1. The van der Waals surface area contributed by atoms with Crippen LogP contribution in [0.25, 0.3) is 0 Å². The number of nitrogens with one attached hydrogen (secondary N) is 1. The monoisotopic (exact) mass is 296 g/mol. The summed E-state index contributed by atoms with van der Waals surface area (Å²) in [6.45, 7) is 1.70. The second kappa shape index (κ2) is 4.31. The van der Waals surface area contributed by atoms with Gasteiger partial charge in [-0.25, -0.2) is 4.79 Å². The zero-order valence-electron chi connectivity index (χ0n) is 9.23. The number of fused-ring (bicyclic) bond motifs is 1. The number of hydrogen-bond acceptors (Lipinski definition) is 3. The fourth-order valence-corrected chi connectivity index (χ4v) is 2.93. The molecule has 2 aliphatic heterocycles. The van der Waals surface area contributed by atoms with Gasteiger partial charge in [-0.1, -0.05) is 12.1 Å². The van der Waals surface area contributed by atoms with E-state index in [-0.39, 0.29) is 18.2 Å². The minimum Gasteiger partial charge on any atom is -0.444 e. The van der Waals surface area contributed by atoms with Gasteiger partial charge in [-0.05, 0) is 41.0 Å². The van der Waals surface area contributed by atoms with E-state index in [0.717, 1.165) is 29.7 Å². The second-order valence-electron chi connectivity index (χ2n) is 4.30. The number of hydrogen-bond donors (Lipinski definition) is 1. The number of amides is 1. The summed E-state index contributed by atoms with van der Waals surface area (Å²) in [6.07, 6.45) is 0.670. The summed E-state index contributed by atoms with van der Waals surface area (Å²) in [7, 11) is 0.